The van der Waals surface area contributed by atoms with Crippen LogP contribution in [0.4, 0.5) is 4.39 Å². The van der Waals surface area contributed by atoms with E-state index in [0.717, 1.165) is 43.5 Å². The fourth-order valence-electron chi connectivity index (χ4n) is 4.44. The molecule has 5 rings (SSSR count). The van der Waals surface area contributed by atoms with Crippen LogP contribution in [-0.4, -0.2) is 33.4 Å². The van der Waals surface area contributed by atoms with Crippen molar-refractivity contribution in [3.8, 4) is 5.69 Å². The van der Waals surface area contributed by atoms with Gasteiger partial charge in [0.2, 0.25) is 0 Å². The predicted octanol–water partition coefficient (Wildman–Crippen LogP) is 5.75. The molecule has 0 unspecified atom stereocenters. The SMILES string of the molecule is Cc1cccc(CSc2nc3cc(C(=O)N4CCCCC4)ccc3c(=O)n2-c2ccc(F)cc2)c1. The monoisotopic (exact) mass is 487 g/mol. The Labute approximate surface area is 207 Å². The summed E-state index contributed by atoms with van der Waals surface area (Å²) in [5.41, 5.74) is 3.61. The number of benzene rings is 3. The minimum absolute atomic E-state index is 0.0231. The summed E-state index contributed by atoms with van der Waals surface area (Å²) in [6, 6.07) is 19.1. The third kappa shape index (κ3) is 5.00. The number of rotatable bonds is 5. The topological polar surface area (TPSA) is 55.2 Å². The number of aryl methyl sites for hydroxylation is 1. The number of carbonyl (C=O) groups excluding carboxylic acids is 1. The molecule has 1 fully saturated rings. The van der Waals surface area contributed by atoms with Crippen molar-refractivity contribution >= 4 is 28.6 Å². The Morgan fingerprint density at radius 3 is 2.51 bits per heavy atom. The van der Waals surface area contributed by atoms with Gasteiger partial charge < -0.3 is 4.90 Å². The van der Waals surface area contributed by atoms with Crippen LogP contribution in [0.2, 0.25) is 0 Å². The first-order chi connectivity index (χ1) is 17.0. The minimum Gasteiger partial charge on any atom is -0.339 e. The summed E-state index contributed by atoms with van der Waals surface area (Å²) in [6.45, 7) is 3.56. The Morgan fingerprint density at radius 2 is 1.77 bits per heavy atom. The van der Waals surface area contributed by atoms with E-state index in [2.05, 4.69) is 6.07 Å². The van der Waals surface area contributed by atoms with Crippen molar-refractivity contribution in [3.05, 3.63) is 99.6 Å². The molecule has 5 nitrogen and oxygen atoms in total. The average molecular weight is 488 g/mol. The van der Waals surface area contributed by atoms with E-state index >= 15 is 0 Å². The zero-order valence-corrected chi connectivity index (χ0v) is 20.4. The van der Waals surface area contributed by atoms with E-state index in [1.165, 1.54) is 28.5 Å². The molecule has 3 aromatic carbocycles. The highest BCUT2D eigenvalue weighted by Gasteiger charge is 2.20. The summed E-state index contributed by atoms with van der Waals surface area (Å²) in [6.07, 6.45) is 3.17. The number of amides is 1. The molecule has 0 bridgehead atoms. The third-order valence-corrected chi connectivity index (χ3v) is 7.27. The summed E-state index contributed by atoms with van der Waals surface area (Å²) in [5, 5.41) is 0.919. The van der Waals surface area contributed by atoms with Crippen molar-refractivity contribution < 1.29 is 9.18 Å². The molecule has 0 saturated carbocycles. The zero-order chi connectivity index (χ0) is 24.4. The second-order valence-corrected chi connectivity index (χ2v) is 9.82. The molecule has 0 aliphatic carbocycles. The van der Waals surface area contributed by atoms with Crippen molar-refractivity contribution in [2.45, 2.75) is 37.1 Å². The number of nitrogens with zero attached hydrogens (tertiary/aromatic N) is 3. The predicted molar refractivity (Wildman–Crippen MR) is 138 cm³/mol. The van der Waals surface area contributed by atoms with Crippen LogP contribution in [0.5, 0.6) is 0 Å². The highest BCUT2D eigenvalue weighted by molar-refractivity contribution is 7.98. The molecule has 1 aliphatic rings. The third-order valence-electron chi connectivity index (χ3n) is 6.26. The Bertz CT molecular complexity index is 1440. The first-order valence-corrected chi connectivity index (χ1v) is 12.8. The van der Waals surface area contributed by atoms with Gasteiger partial charge in [-0.1, -0.05) is 41.6 Å². The standard InChI is InChI=1S/C28H26FN3O2S/c1-19-6-5-7-20(16-19)18-35-28-30-25-17-21(26(33)31-14-3-2-4-15-31)8-13-24(25)27(34)32(28)23-11-9-22(29)10-12-23/h5-13,16-17H,2-4,14-15,18H2,1H3. The van der Waals surface area contributed by atoms with Crippen molar-refractivity contribution in [3.63, 3.8) is 0 Å². The fourth-order valence-corrected chi connectivity index (χ4v) is 5.40. The molecule has 1 amide bonds. The maximum Gasteiger partial charge on any atom is 0.266 e. The van der Waals surface area contributed by atoms with Crippen LogP contribution < -0.4 is 5.56 Å². The zero-order valence-electron chi connectivity index (χ0n) is 19.5. The highest BCUT2D eigenvalue weighted by atomic mass is 32.2. The fraction of sp³-hybridized carbons (Fsp3) is 0.250. The van der Waals surface area contributed by atoms with Gasteiger partial charge in [0.05, 0.1) is 16.6 Å². The molecule has 178 valence electrons. The van der Waals surface area contributed by atoms with Gasteiger partial charge in [-0.3, -0.25) is 14.2 Å². The molecule has 35 heavy (non-hydrogen) atoms. The van der Waals surface area contributed by atoms with Gasteiger partial charge >= 0.3 is 0 Å². The number of piperidine rings is 1. The second-order valence-electron chi connectivity index (χ2n) is 8.87. The smallest absolute Gasteiger partial charge is 0.266 e. The first kappa shape index (κ1) is 23.3. The van der Waals surface area contributed by atoms with Crippen molar-refractivity contribution in [2.24, 2.45) is 0 Å². The number of fused-ring (bicyclic) bond motifs is 1. The largest absolute Gasteiger partial charge is 0.339 e. The molecule has 0 atom stereocenters. The summed E-state index contributed by atoms with van der Waals surface area (Å²) in [4.78, 5) is 33.3. The van der Waals surface area contributed by atoms with Crippen molar-refractivity contribution in [2.75, 3.05) is 13.1 Å². The lowest BCUT2D eigenvalue weighted by molar-refractivity contribution is 0.0724. The number of carbonyl (C=O) groups is 1. The molecular weight excluding hydrogens is 461 g/mol. The maximum absolute atomic E-state index is 13.6. The van der Waals surface area contributed by atoms with Crippen LogP contribution in [0.25, 0.3) is 16.6 Å². The van der Waals surface area contributed by atoms with Crippen molar-refractivity contribution in [1.82, 2.24) is 14.5 Å². The van der Waals surface area contributed by atoms with Gasteiger partial charge in [0.1, 0.15) is 5.82 Å². The molecule has 4 aromatic rings. The normalized spacial score (nSPS) is 13.8. The molecule has 2 heterocycles. The van der Waals surface area contributed by atoms with Gasteiger partial charge in [-0.15, -0.1) is 0 Å². The van der Waals surface area contributed by atoms with Crippen LogP contribution in [0.3, 0.4) is 0 Å². The van der Waals surface area contributed by atoms with Gasteiger partial charge in [0.25, 0.3) is 11.5 Å². The van der Waals surface area contributed by atoms with Crippen LogP contribution >= 0.6 is 11.8 Å². The Hall–Kier alpha value is -3.45. The van der Waals surface area contributed by atoms with Crippen molar-refractivity contribution in [1.29, 1.82) is 0 Å². The number of halogens is 1. The van der Waals surface area contributed by atoms with E-state index in [4.69, 9.17) is 4.98 Å². The van der Waals surface area contributed by atoms with E-state index in [-0.39, 0.29) is 17.3 Å². The van der Waals surface area contributed by atoms with Gasteiger partial charge in [-0.05, 0) is 74.2 Å². The Kier molecular flexibility index (Phi) is 6.68. The summed E-state index contributed by atoms with van der Waals surface area (Å²) in [5.74, 6) is 0.225. The minimum atomic E-state index is -0.370. The summed E-state index contributed by atoms with van der Waals surface area (Å²) in [7, 11) is 0. The van der Waals surface area contributed by atoms with Crippen LogP contribution in [0.15, 0.2) is 76.7 Å². The van der Waals surface area contributed by atoms with E-state index in [9.17, 15) is 14.0 Å². The number of hydrogen-bond acceptors (Lipinski definition) is 4. The number of aromatic nitrogens is 2. The quantitative estimate of drug-likeness (QED) is 0.266. The second kappa shape index (κ2) is 10.0. The number of likely N-dealkylation sites (tertiary alicyclic amines) is 1. The average Bonchev–Trinajstić information content (AvgIpc) is 2.88. The molecule has 1 aliphatic heterocycles. The van der Waals surface area contributed by atoms with E-state index in [1.807, 2.05) is 30.0 Å². The van der Waals surface area contributed by atoms with Crippen LogP contribution in [0.1, 0.15) is 40.7 Å². The van der Waals surface area contributed by atoms with Crippen LogP contribution in [-0.2, 0) is 5.75 Å². The molecule has 1 saturated heterocycles. The molecule has 0 N–H and O–H groups in total. The molecule has 0 spiro atoms. The van der Waals surface area contributed by atoms with Gasteiger partial charge in [-0.25, -0.2) is 9.37 Å². The van der Waals surface area contributed by atoms with Gasteiger partial charge in [-0.2, -0.15) is 0 Å². The lowest BCUT2D eigenvalue weighted by Gasteiger charge is -2.26. The lowest BCUT2D eigenvalue weighted by Crippen LogP contribution is -2.35. The lowest BCUT2D eigenvalue weighted by atomic mass is 10.1. The molecule has 0 radical (unpaired) electrons. The van der Waals surface area contributed by atoms with Gasteiger partial charge in [0.15, 0.2) is 5.16 Å². The molecular formula is C28H26FN3O2S. The van der Waals surface area contributed by atoms with Crippen LogP contribution in [0, 0.1) is 12.7 Å². The van der Waals surface area contributed by atoms with E-state index in [0.29, 0.717) is 33.1 Å². The Morgan fingerprint density at radius 1 is 1.00 bits per heavy atom. The highest BCUT2D eigenvalue weighted by Crippen LogP contribution is 2.26. The first-order valence-electron chi connectivity index (χ1n) is 11.8. The number of hydrogen-bond donors (Lipinski definition) is 0. The van der Waals surface area contributed by atoms with E-state index in [1.54, 1.807) is 30.3 Å². The molecule has 7 heteroatoms. The van der Waals surface area contributed by atoms with Gasteiger partial charge in [0, 0.05) is 24.4 Å². The summed E-state index contributed by atoms with van der Waals surface area (Å²) < 4.78 is 15.1. The summed E-state index contributed by atoms with van der Waals surface area (Å²) >= 11 is 1.44. The maximum atomic E-state index is 13.6. The Balaban J connectivity index is 1.58. The van der Waals surface area contributed by atoms with E-state index < -0.39 is 0 Å². The number of thioether (sulfide) groups is 1. The molecule has 1 aromatic heterocycles.